The first-order chi connectivity index (χ1) is 14.2. The molecule has 1 heterocycles. The van der Waals surface area contributed by atoms with E-state index >= 15 is 0 Å². The lowest BCUT2D eigenvalue weighted by Crippen LogP contribution is -2.04. The van der Waals surface area contributed by atoms with E-state index in [4.69, 9.17) is 16.9 Å². The summed E-state index contributed by atoms with van der Waals surface area (Å²) in [7, 11) is 0. The Balaban J connectivity index is 1.65. The second-order valence-electron chi connectivity index (χ2n) is 6.46. The van der Waals surface area contributed by atoms with Crippen LogP contribution in [0.1, 0.15) is 16.7 Å². The Labute approximate surface area is 178 Å². The molecular weight excluding hydrogens is 400 g/mol. The number of hydrogen-bond acceptors (Lipinski definition) is 4. The van der Waals surface area contributed by atoms with Gasteiger partial charge in [0.2, 0.25) is 0 Å². The molecule has 4 aromatic rings. The second-order valence-corrected chi connectivity index (χ2v) is 7.80. The van der Waals surface area contributed by atoms with Gasteiger partial charge in [0.25, 0.3) is 0 Å². The van der Waals surface area contributed by atoms with Crippen molar-refractivity contribution in [3.8, 4) is 17.5 Å². The molecule has 4 rings (SSSR count). The zero-order valence-electron chi connectivity index (χ0n) is 15.5. The monoisotopic (exact) mass is 416 g/mol. The van der Waals surface area contributed by atoms with E-state index in [9.17, 15) is 0 Å². The van der Waals surface area contributed by atoms with Crippen molar-refractivity contribution in [1.82, 2.24) is 14.8 Å². The topological polar surface area (TPSA) is 54.5 Å². The van der Waals surface area contributed by atoms with Crippen LogP contribution in [0.5, 0.6) is 0 Å². The number of aromatic nitrogens is 3. The van der Waals surface area contributed by atoms with Gasteiger partial charge in [-0.3, -0.25) is 4.57 Å². The molecule has 0 atom stereocenters. The van der Waals surface area contributed by atoms with E-state index in [-0.39, 0.29) is 0 Å². The van der Waals surface area contributed by atoms with E-state index in [0.717, 1.165) is 27.9 Å². The molecule has 3 aromatic carbocycles. The fourth-order valence-corrected chi connectivity index (χ4v) is 4.08. The smallest absolute Gasteiger partial charge is 0.192 e. The predicted octanol–water partition coefficient (Wildman–Crippen LogP) is 5.81. The van der Waals surface area contributed by atoms with E-state index in [1.807, 2.05) is 66.7 Å². The van der Waals surface area contributed by atoms with Crippen LogP contribution in [-0.2, 0) is 12.3 Å². The first kappa shape index (κ1) is 19.3. The van der Waals surface area contributed by atoms with Gasteiger partial charge in [0.15, 0.2) is 11.0 Å². The molecule has 0 amide bonds. The maximum atomic E-state index is 8.96. The fraction of sp³-hybridized carbons (Fsp3) is 0.0870. The van der Waals surface area contributed by atoms with E-state index < -0.39 is 0 Å². The summed E-state index contributed by atoms with van der Waals surface area (Å²) in [5.41, 5.74) is 3.82. The highest BCUT2D eigenvalue weighted by atomic mass is 35.5. The average Bonchev–Trinajstić information content (AvgIpc) is 3.16. The number of nitrogens with zero attached hydrogens (tertiary/aromatic N) is 4. The van der Waals surface area contributed by atoms with E-state index in [1.165, 1.54) is 5.56 Å². The highest BCUT2D eigenvalue weighted by Gasteiger charge is 2.17. The molecular formula is C23H17ClN4S. The zero-order valence-corrected chi connectivity index (χ0v) is 17.1. The molecule has 0 aliphatic carbocycles. The lowest BCUT2D eigenvalue weighted by Gasteiger charge is -2.11. The SMILES string of the molecule is N#Cc1ccc(CSc2nnc(-c3ccccc3Cl)n2Cc2ccccc2)cc1. The average molecular weight is 417 g/mol. The fourth-order valence-electron chi connectivity index (χ4n) is 2.97. The van der Waals surface area contributed by atoms with Crippen molar-refractivity contribution < 1.29 is 0 Å². The van der Waals surface area contributed by atoms with Crippen LogP contribution < -0.4 is 0 Å². The van der Waals surface area contributed by atoms with Crippen molar-refractivity contribution in [3.05, 3.63) is 101 Å². The van der Waals surface area contributed by atoms with Gasteiger partial charge in [0.1, 0.15) is 0 Å². The van der Waals surface area contributed by atoms with Crippen LogP contribution in [-0.4, -0.2) is 14.8 Å². The quantitative estimate of drug-likeness (QED) is 0.372. The molecule has 0 saturated heterocycles. The van der Waals surface area contributed by atoms with Gasteiger partial charge in [-0.2, -0.15) is 5.26 Å². The molecule has 0 radical (unpaired) electrons. The Bertz CT molecular complexity index is 1150. The number of thioether (sulfide) groups is 1. The molecule has 0 bridgehead atoms. The third-order valence-corrected chi connectivity index (χ3v) is 5.83. The van der Waals surface area contributed by atoms with Crippen molar-refractivity contribution in [2.24, 2.45) is 0 Å². The van der Waals surface area contributed by atoms with Crippen LogP contribution in [0, 0.1) is 11.3 Å². The molecule has 1 aromatic heterocycles. The highest BCUT2D eigenvalue weighted by molar-refractivity contribution is 7.98. The Morgan fingerprint density at radius 1 is 0.862 bits per heavy atom. The van der Waals surface area contributed by atoms with E-state index in [2.05, 4.69) is 33.0 Å². The largest absolute Gasteiger partial charge is 0.297 e. The molecule has 0 unspecified atom stereocenters. The lowest BCUT2D eigenvalue weighted by molar-refractivity contribution is 0.714. The van der Waals surface area contributed by atoms with E-state index in [0.29, 0.717) is 17.1 Å². The minimum absolute atomic E-state index is 0.651. The van der Waals surface area contributed by atoms with Crippen molar-refractivity contribution in [2.45, 2.75) is 17.5 Å². The zero-order chi connectivity index (χ0) is 20.1. The summed E-state index contributed by atoms with van der Waals surface area (Å²) in [4.78, 5) is 0. The van der Waals surface area contributed by atoms with Gasteiger partial charge in [-0.1, -0.05) is 78.0 Å². The van der Waals surface area contributed by atoms with Gasteiger partial charge in [0.05, 0.1) is 23.2 Å². The normalized spacial score (nSPS) is 10.6. The maximum Gasteiger partial charge on any atom is 0.192 e. The molecule has 0 fully saturated rings. The maximum absolute atomic E-state index is 8.96. The van der Waals surface area contributed by atoms with Crippen molar-refractivity contribution in [2.75, 3.05) is 0 Å². The molecule has 0 aliphatic heterocycles. The van der Waals surface area contributed by atoms with Crippen LogP contribution in [0.3, 0.4) is 0 Å². The summed E-state index contributed by atoms with van der Waals surface area (Å²) in [6.07, 6.45) is 0. The summed E-state index contributed by atoms with van der Waals surface area (Å²) in [6.45, 7) is 0.657. The molecule has 4 nitrogen and oxygen atoms in total. The Hall–Kier alpha value is -3.07. The summed E-state index contributed by atoms with van der Waals surface area (Å²) in [5, 5.41) is 19.3. The third-order valence-electron chi connectivity index (χ3n) is 4.47. The Morgan fingerprint density at radius 2 is 1.59 bits per heavy atom. The minimum Gasteiger partial charge on any atom is -0.297 e. The van der Waals surface area contributed by atoms with Gasteiger partial charge < -0.3 is 0 Å². The summed E-state index contributed by atoms with van der Waals surface area (Å²) < 4.78 is 2.10. The van der Waals surface area contributed by atoms with Gasteiger partial charge in [-0.05, 0) is 35.4 Å². The van der Waals surface area contributed by atoms with E-state index in [1.54, 1.807) is 11.8 Å². The van der Waals surface area contributed by atoms with Gasteiger partial charge in [-0.25, -0.2) is 0 Å². The second kappa shape index (κ2) is 8.95. The number of hydrogen-bond donors (Lipinski definition) is 0. The first-order valence-electron chi connectivity index (χ1n) is 9.08. The molecule has 0 spiro atoms. The molecule has 0 saturated carbocycles. The predicted molar refractivity (Wildman–Crippen MR) is 117 cm³/mol. The first-order valence-corrected chi connectivity index (χ1v) is 10.4. The van der Waals surface area contributed by atoms with Crippen molar-refractivity contribution in [3.63, 3.8) is 0 Å². The van der Waals surface area contributed by atoms with Gasteiger partial charge in [0, 0.05) is 11.3 Å². The molecule has 142 valence electrons. The van der Waals surface area contributed by atoms with Gasteiger partial charge in [-0.15, -0.1) is 10.2 Å². The van der Waals surface area contributed by atoms with Crippen LogP contribution in [0.25, 0.3) is 11.4 Å². The summed E-state index contributed by atoms with van der Waals surface area (Å²) >= 11 is 8.05. The van der Waals surface area contributed by atoms with Crippen LogP contribution >= 0.6 is 23.4 Å². The summed E-state index contributed by atoms with van der Waals surface area (Å²) in [5.74, 6) is 1.49. The van der Waals surface area contributed by atoms with Crippen LogP contribution in [0.2, 0.25) is 5.02 Å². The number of nitriles is 1. The standard InChI is InChI=1S/C23H17ClN4S/c24-21-9-5-4-8-20(21)22-26-27-23(28(22)15-18-6-2-1-3-7-18)29-16-19-12-10-17(14-25)11-13-19/h1-13H,15-16H2. The minimum atomic E-state index is 0.651. The van der Waals surface area contributed by atoms with Gasteiger partial charge >= 0.3 is 0 Å². The van der Waals surface area contributed by atoms with Crippen LogP contribution in [0.4, 0.5) is 0 Å². The number of halogens is 1. The highest BCUT2D eigenvalue weighted by Crippen LogP contribution is 2.31. The lowest BCUT2D eigenvalue weighted by atomic mass is 10.2. The van der Waals surface area contributed by atoms with Crippen molar-refractivity contribution in [1.29, 1.82) is 5.26 Å². The van der Waals surface area contributed by atoms with Crippen LogP contribution in [0.15, 0.2) is 84.0 Å². The Morgan fingerprint density at radius 3 is 2.31 bits per heavy atom. The Kier molecular flexibility index (Phi) is 5.95. The molecule has 29 heavy (non-hydrogen) atoms. The number of benzene rings is 3. The number of rotatable bonds is 6. The van der Waals surface area contributed by atoms with Crippen molar-refractivity contribution >= 4 is 23.4 Å². The third kappa shape index (κ3) is 4.51. The molecule has 0 N–H and O–H groups in total. The molecule has 0 aliphatic rings. The molecule has 6 heteroatoms. The summed E-state index contributed by atoms with van der Waals surface area (Å²) in [6, 6.07) is 27.7.